The number of thiazole rings is 4. The van der Waals surface area contributed by atoms with Gasteiger partial charge >= 0.3 is 0 Å². The van der Waals surface area contributed by atoms with Crippen molar-refractivity contribution in [3.8, 4) is 131 Å². The zero-order valence-electron chi connectivity index (χ0n) is 74.1. The second-order valence-electron chi connectivity index (χ2n) is 32.8. The Kier molecular flexibility index (Phi) is 31.0. The SMILES string of the molecule is CCC(=O)N[C@@H]1CCc2c(-c3cnc(-c4ccc(OC(C)C)c(C#N)c4)s3)cccc21.CCC(=O)N[C@H]1CCc2c(-c3cnc(-c4ccc(OC(C)C)c(C#N)c4)s3)cccc21.CC[C@@H](N)C(=O)N[C@@H]1CCc2c(-c3cnc(-c4ccc(OC(C)C)c(C#N)c4)s3)cccc21.CC[C@H](N)C(=O)N[C@@H]1CCc2c(-c3cnc(-c4ccc(OC(C)C)c(C#N)c4)s3)cccc21. The van der Waals surface area contributed by atoms with Crippen LogP contribution >= 0.6 is 45.3 Å². The Labute approximate surface area is 764 Å². The van der Waals surface area contributed by atoms with Gasteiger partial charge in [-0.25, -0.2) is 19.9 Å². The third-order valence-corrected chi connectivity index (χ3v) is 26.8. The molecule has 656 valence electrons. The zero-order valence-corrected chi connectivity index (χ0v) is 77.3. The van der Waals surface area contributed by atoms with E-state index < -0.39 is 12.1 Å². The number of benzene rings is 8. The maximum absolute atomic E-state index is 12.3. The molecular formula is C102H106N14O8S4. The van der Waals surface area contributed by atoms with Crippen molar-refractivity contribution in [1.82, 2.24) is 41.2 Å². The summed E-state index contributed by atoms with van der Waals surface area (Å²) in [5.74, 6) is 2.34. The van der Waals surface area contributed by atoms with E-state index in [1.165, 1.54) is 44.5 Å². The lowest BCUT2D eigenvalue weighted by Gasteiger charge is -2.17. The quantitative estimate of drug-likeness (QED) is 0.0293. The first kappa shape index (κ1) is 92.9. The van der Waals surface area contributed by atoms with E-state index in [4.69, 9.17) is 30.4 Å². The predicted octanol–water partition coefficient (Wildman–Crippen LogP) is 21.3. The molecule has 22 nitrogen and oxygen atoms in total. The molecule has 8 N–H and O–H groups in total. The van der Waals surface area contributed by atoms with E-state index in [1.807, 2.05) is 193 Å². The molecule has 0 saturated heterocycles. The highest BCUT2D eigenvalue weighted by Crippen LogP contribution is 2.47. The average molecular weight is 1780 g/mol. The maximum atomic E-state index is 12.3. The molecule has 4 heterocycles. The normalized spacial score (nSPS) is 15.3. The number of nitrogens with one attached hydrogen (secondary N) is 4. The molecule has 0 aliphatic heterocycles. The van der Waals surface area contributed by atoms with E-state index in [0.29, 0.717) is 70.9 Å². The van der Waals surface area contributed by atoms with Crippen LogP contribution in [0.1, 0.15) is 225 Å². The lowest BCUT2D eigenvalue weighted by atomic mass is 10.0. The van der Waals surface area contributed by atoms with Gasteiger partial charge in [0.15, 0.2) is 0 Å². The number of carbonyl (C=O) groups excluding carboxylic acids is 4. The van der Waals surface area contributed by atoms with Crippen LogP contribution in [0.3, 0.4) is 0 Å². The van der Waals surface area contributed by atoms with Gasteiger partial charge in [-0.15, -0.1) is 45.3 Å². The molecule has 0 radical (unpaired) electrons. The van der Waals surface area contributed by atoms with Crippen molar-refractivity contribution in [2.45, 2.75) is 221 Å². The van der Waals surface area contributed by atoms with Crippen molar-refractivity contribution in [2.75, 3.05) is 0 Å². The number of ether oxygens (including phenoxy) is 4. The zero-order chi connectivity index (χ0) is 91.0. The molecule has 4 aromatic heterocycles. The number of nitrogens with two attached hydrogens (primary N) is 2. The number of nitrogens with zero attached hydrogens (tertiary/aromatic N) is 8. The number of carbonyl (C=O) groups is 4. The Hall–Kier alpha value is -12.8. The van der Waals surface area contributed by atoms with Gasteiger partial charge in [0.1, 0.15) is 67.3 Å². The van der Waals surface area contributed by atoms with Gasteiger partial charge in [0, 0.05) is 59.9 Å². The molecule has 0 saturated carbocycles. The lowest BCUT2D eigenvalue weighted by molar-refractivity contribution is -0.124. The van der Waals surface area contributed by atoms with Gasteiger partial charge in [-0.05, 0) is 259 Å². The molecule has 4 amide bonds. The van der Waals surface area contributed by atoms with Gasteiger partial charge in [-0.2, -0.15) is 21.0 Å². The minimum Gasteiger partial charge on any atom is -0.490 e. The van der Waals surface area contributed by atoms with E-state index in [1.54, 1.807) is 45.3 Å². The van der Waals surface area contributed by atoms with E-state index in [9.17, 15) is 40.2 Å². The molecule has 26 heteroatoms. The van der Waals surface area contributed by atoms with Crippen molar-refractivity contribution in [3.05, 3.63) is 237 Å². The highest BCUT2D eigenvalue weighted by Gasteiger charge is 2.33. The Morgan fingerprint density at radius 1 is 0.367 bits per heavy atom. The molecule has 12 aromatic rings. The molecule has 0 bridgehead atoms. The Morgan fingerprint density at radius 3 is 0.812 bits per heavy atom. The standard InChI is InChI=1S/2C26H28N4O2S.2C25H25N3O2S/c2*1-4-21(28)25(31)30-22-10-9-18-19(22)6-5-7-20(18)24-14-29-26(33-24)16-8-11-23(32-15(2)3)17(12-16)13-27;2*1-4-24(29)28-21-10-9-18-19(21)6-5-7-20(18)23-14-27-25(31-23)16-8-11-22(30-15(2)3)17(12-16)13-26/h2*5-8,11-12,14-15,21-22H,4,9-10,28H2,1-3H3,(H,30,31);2*5-8,11-12,14-15,21H,4,9-10H2,1-3H3,(H,28,29)/t21-,22+;21-,22-;2*21-/m0110/s1. The molecule has 16 rings (SSSR count). The molecule has 4 aliphatic rings. The predicted molar refractivity (Wildman–Crippen MR) is 508 cm³/mol. The monoisotopic (exact) mass is 1780 g/mol. The Bertz CT molecular complexity index is 5860. The largest absolute Gasteiger partial charge is 0.490 e. The van der Waals surface area contributed by atoms with Gasteiger partial charge in [0.2, 0.25) is 23.6 Å². The van der Waals surface area contributed by atoms with Gasteiger partial charge in [0.25, 0.3) is 0 Å². The average Bonchev–Trinajstić information content (AvgIpc) is 1.65. The fourth-order valence-electron chi connectivity index (χ4n) is 16.2. The summed E-state index contributed by atoms with van der Waals surface area (Å²) in [6.45, 7) is 23.1. The number of hydrogen-bond donors (Lipinski definition) is 6. The smallest absolute Gasteiger partial charge is 0.237 e. The second-order valence-corrected chi connectivity index (χ2v) is 36.9. The summed E-state index contributed by atoms with van der Waals surface area (Å²) in [5, 5.41) is 54.1. The van der Waals surface area contributed by atoms with Crippen LogP contribution < -0.4 is 51.7 Å². The van der Waals surface area contributed by atoms with Crippen LogP contribution in [0, 0.1) is 45.3 Å². The maximum Gasteiger partial charge on any atom is 0.237 e. The van der Waals surface area contributed by atoms with E-state index in [-0.39, 0.29) is 72.2 Å². The lowest BCUT2D eigenvalue weighted by Crippen LogP contribution is -2.41. The topological polar surface area (TPSA) is 352 Å². The van der Waals surface area contributed by atoms with Crippen LogP contribution in [0.4, 0.5) is 0 Å². The molecule has 0 unspecified atom stereocenters. The second kappa shape index (κ2) is 42.7. The van der Waals surface area contributed by atoms with E-state index in [0.717, 1.165) is 135 Å². The van der Waals surface area contributed by atoms with Crippen LogP contribution in [0.15, 0.2) is 170 Å². The number of aromatic nitrogens is 4. The number of hydrogen-bond acceptors (Lipinski definition) is 22. The minimum atomic E-state index is -0.475. The summed E-state index contributed by atoms with van der Waals surface area (Å²) < 4.78 is 22.9. The highest BCUT2D eigenvalue weighted by atomic mass is 32.1. The van der Waals surface area contributed by atoms with Gasteiger partial charge in [-0.3, -0.25) is 19.2 Å². The summed E-state index contributed by atoms with van der Waals surface area (Å²) in [6, 6.07) is 55.6. The molecule has 4 aliphatic carbocycles. The van der Waals surface area contributed by atoms with Crippen molar-refractivity contribution in [3.63, 3.8) is 0 Å². The number of amides is 4. The van der Waals surface area contributed by atoms with Crippen molar-refractivity contribution in [1.29, 1.82) is 21.0 Å². The fourth-order valence-corrected chi connectivity index (χ4v) is 20.1. The summed E-state index contributed by atoms with van der Waals surface area (Å²) in [7, 11) is 0. The van der Waals surface area contributed by atoms with Crippen LogP contribution in [0.2, 0.25) is 0 Å². The van der Waals surface area contributed by atoms with Gasteiger partial charge in [-0.1, -0.05) is 100 Å². The fraction of sp³-hybridized carbons (Fsp3) is 0.333. The van der Waals surface area contributed by atoms with Crippen LogP contribution in [0.5, 0.6) is 23.0 Å². The van der Waals surface area contributed by atoms with Crippen molar-refractivity contribution < 1.29 is 38.1 Å². The first-order valence-corrected chi connectivity index (χ1v) is 47.0. The van der Waals surface area contributed by atoms with E-state index >= 15 is 0 Å². The van der Waals surface area contributed by atoms with Crippen LogP contribution in [0.25, 0.3) is 84.0 Å². The molecule has 0 fully saturated rings. The first-order chi connectivity index (χ1) is 61.8. The van der Waals surface area contributed by atoms with E-state index in [2.05, 4.69) is 126 Å². The highest BCUT2D eigenvalue weighted by molar-refractivity contribution is 7.19. The molecular weight excluding hydrogens is 1680 g/mol. The minimum absolute atomic E-state index is 0.000843. The summed E-state index contributed by atoms with van der Waals surface area (Å²) in [4.78, 5) is 71.3. The number of rotatable bonds is 26. The Balaban J connectivity index is 0.000000146. The van der Waals surface area contributed by atoms with Crippen molar-refractivity contribution >= 4 is 69.0 Å². The van der Waals surface area contributed by atoms with Gasteiger partial charge in [0.05, 0.1) is 102 Å². The Morgan fingerprint density at radius 2 is 0.602 bits per heavy atom. The van der Waals surface area contributed by atoms with Gasteiger partial charge < -0.3 is 51.7 Å². The summed E-state index contributed by atoms with van der Waals surface area (Å²) >= 11 is 6.43. The molecule has 128 heavy (non-hydrogen) atoms. The molecule has 0 spiro atoms. The van der Waals surface area contributed by atoms with Crippen molar-refractivity contribution in [2.24, 2.45) is 11.5 Å². The first-order valence-electron chi connectivity index (χ1n) is 43.7. The van der Waals surface area contributed by atoms with Crippen LogP contribution in [-0.4, -0.2) is 80.1 Å². The molecule has 8 aromatic carbocycles. The summed E-state index contributed by atoms with van der Waals surface area (Å²) in [5.41, 5.74) is 31.9. The van der Waals surface area contributed by atoms with Crippen LogP contribution in [-0.2, 0) is 44.9 Å². The third kappa shape index (κ3) is 21.9. The molecule has 6 atom stereocenters. The number of nitriles is 4. The number of fused-ring (bicyclic) bond motifs is 4. The third-order valence-electron chi connectivity index (χ3n) is 22.5. The summed E-state index contributed by atoms with van der Waals surface area (Å²) in [6.07, 6.45) is 17.1.